The molecule has 0 atom stereocenters. The van der Waals surface area contributed by atoms with Crippen LogP contribution in [0.1, 0.15) is 25.7 Å². The van der Waals surface area contributed by atoms with Crippen molar-refractivity contribution in [3.8, 4) is 0 Å². The van der Waals surface area contributed by atoms with Crippen LogP contribution in [0.2, 0.25) is 0 Å². The molecule has 8 heteroatoms. The maximum absolute atomic E-state index is 11.9. The number of carbonyl (C=O) groups is 4. The smallest absolute Gasteiger partial charge is 0.409 e. The molecule has 0 unspecified atom stereocenters. The van der Waals surface area contributed by atoms with E-state index in [1.807, 2.05) is 0 Å². The van der Waals surface area contributed by atoms with Gasteiger partial charge in [0.2, 0.25) is 6.79 Å². The number of nitrogens with one attached hydrogen (secondary N) is 1. The number of esters is 1. The zero-order valence-electron chi connectivity index (χ0n) is 12.9. The number of hydrogen-bond acceptors (Lipinski definition) is 6. The summed E-state index contributed by atoms with van der Waals surface area (Å²) in [5, 5.41) is 2.25. The summed E-state index contributed by atoms with van der Waals surface area (Å²) >= 11 is 0. The van der Waals surface area contributed by atoms with Gasteiger partial charge in [-0.15, -0.1) is 0 Å². The van der Waals surface area contributed by atoms with Gasteiger partial charge in [-0.3, -0.25) is 19.3 Å². The molecule has 0 aromatic rings. The van der Waals surface area contributed by atoms with Crippen LogP contribution >= 0.6 is 0 Å². The van der Waals surface area contributed by atoms with Crippen molar-refractivity contribution in [2.45, 2.75) is 25.7 Å². The number of nitrogens with zero attached hydrogens (tertiary/aromatic N) is 1. The lowest BCUT2D eigenvalue weighted by Gasteiger charge is -2.29. The lowest BCUT2D eigenvalue weighted by atomic mass is 9.82. The number of ether oxygens (including phenoxy) is 2. The molecule has 1 aliphatic heterocycles. The van der Waals surface area contributed by atoms with Crippen molar-refractivity contribution >= 4 is 23.9 Å². The fraction of sp³-hybridized carbons (Fsp3) is 0.600. The highest BCUT2D eigenvalue weighted by molar-refractivity contribution is 6.12. The molecular formula is C15H20N2O6. The van der Waals surface area contributed by atoms with Crippen molar-refractivity contribution in [3.05, 3.63) is 12.2 Å². The topological polar surface area (TPSA) is 102 Å². The molecule has 2 rings (SSSR count). The Morgan fingerprint density at radius 1 is 1.13 bits per heavy atom. The fourth-order valence-corrected chi connectivity index (χ4v) is 2.78. The highest BCUT2D eigenvalue weighted by Crippen LogP contribution is 2.30. The van der Waals surface area contributed by atoms with E-state index in [1.165, 1.54) is 24.1 Å². The first-order chi connectivity index (χ1) is 11.0. The highest BCUT2D eigenvalue weighted by Gasteiger charge is 2.31. The van der Waals surface area contributed by atoms with Crippen LogP contribution in [0, 0.1) is 11.8 Å². The van der Waals surface area contributed by atoms with Crippen molar-refractivity contribution in [2.24, 2.45) is 11.8 Å². The van der Waals surface area contributed by atoms with Crippen molar-refractivity contribution in [1.82, 2.24) is 10.2 Å². The van der Waals surface area contributed by atoms with E-state index in [-0.39, 0.29) is 29.6 Å². The van der Waals surface area contributed by atoms with E-state index >= 15 is 0 Å². The summed E-state index contributed by atoms with van der Waals surface area (Å²) in [7, 11) is 1.41. The van der Waals surface area contributed by atoms with Crippen molar-refractivity contribution in [1.29, 1.82) is 0 Å². The average molecular weight is 324 g/mol. The van der Waals surface area contributed by atoms with Crippen LogP contribution < -0.4 is 5.32 Å². The number of rotatable bonds is 5. The normalized spacial score (nSPS) is 23.8. The second-order valence-corrected chi connectivity index (χ2v) is 5.60. The molecule has 3 amide bonds. The molecule has 1 N–H and O–H groups in total. The maximum atomic E-state index is 11.9. The average Bonchev–Trinajstić information content (AvgIpc) is 2.87. The van der Waals surface area contributed by atoms with Crippen LogP contribution in [-0.2, 0) is 23.9 Å². The van der Waals surface area contributed by atoms with Crippen LogP contribution in [0.5, 0.6) is 0 Å². The first kappa shape index (κ1) is 17.0. The van der Waals surface area contributed by atoms with Gasteiger partial charge in [0.25, 0.3) is 11.8 Å². The largest absolute Gasteiger partial charge is 0.428 e. The number of amides is 3. The summed E-state index contributed by atoms with van der Waals surface area (Å²) in [6.07, 6.45) is 4.64. The molecule has 0 bridgehead atoms. The monoisotopic (exact) mass is 324 g/mol. The van der Waals surface area contributed by atoms with Gasteiger partial charge in [0.05, 0.1) is 5.92 Å². The molecule has 0 aromatic carbocycles. The van der Waals surface area contributed by atoms with E-state index in [1.54, 1.807) is 0 Å². The molecule has 2 aliphatic rings. The number of carbonyl (C=O) groups excluding carboxylic acids is 4. The van der Waals surface area contributed by atoms with Crippen LogP contribution in [0.15, 0.2) is 12.2 Å². The zero-order chi connectivity index (χ0) is 16.8. The SMILES string of the molecule is CNC(=O)OCOC(=O)C1CCC(CN2C(=O)C=CC2=O)CC1. The van der Waals surface area contributed by atoms with Gasteiger partial charge < -0.3 is 14.8 Å². The molecular weight excluding hydrogens is 304 g/mol. The van der Waals surface area contributed by atoms with E-state index in [2.05, 4.69) is 10.1 Å². The molecule has 1 aliphatic carbocycles. The molecule has 1 saturated carbocycles. The second kappa shape index (κ2) is 7.75. The van der Waals surface area contributed by atoms with Gasteiger partial charge in [-0.2, -0.15) is 0 Å². The lowest BCUT2D eigenvalue weighted by Crippen LogP contribution is -2.36. The summed E-state index contributed by atoms with van der Waals surface area (Å²) in [5.74, 6) is -0.968. The molecule has 1 fully saturated rings. The fourth-order valence-electron chi connectivity index (χ4n) is 2.78. The standard InChI is InChI=1S/C15H20N2O6/c1-16-15(21)23-9-22-14(20)11-4-2-10(3-5-11)8-17-12(18)6-7-13(17)19/h6-7,10-11H,2-5,8-9H2,1H3,(H,16,21). The number of alkyl carbamates (subject to hydrolysis) is 1. The molecule has 0 spiro atoms. The minimum Gasteiger partial charge on any atom is -0.428 e. The van der Waals surface area contributed by atoms with Gasteiger partial charge in [0.15, 0.2) is 0 Å². The van der Waals surface area contributed by atoms with Crippen LogP contribution in [-0.4, -0.2) is 49.2 Å². The predicted octanol–water partition coefficient (Wildman–Crippen LogP) is 0.574. The van der Waals surface area contributed by atoms with Gasteiger partial charge in [0, 0.05) is 25.7 Å². The first-order valence-electron chi connectivity index (χ1n) is 7.56. The molecule has 0 aromatic heterocycles. The molecule has 23 heavy (non-hydrogen) atoms. The molecule has 8 nitrogen and oxygen atoms in total. The van der Waals surface area contributed by atoms with E-state index in [4.69, 9.17) is 4.74 Å². The van der Waals surface area contributed by atoms with Crippen LogP contribution in [0.3, 0.4) is 0 Å². The van der Waals surface area contributed by atoms with Gasteiger partial charge in [-0.05, 0) is 31.6 Å². The van der Waals surface area contributed by atoms with E-state index in [9.17, 15) is 19.2 Å². The maximum Gasteiger partial charge on any atom is 0.409 e. The molecule has 0 radical (unpaired) electrons. The summed E-state index contributed by atoms with van der Waals surface area (Å²) < 4.78 is 9.51. The Kier molecular flexibility index (Phi) is 5.72. The van der Waals surface area contributed by atoms with Crippen molar-refractivity contribution in [3.63, 3.8) is 0 Å². The van der Waals surface area contributed by atoms with E-state index < -0.39 is 12.9 Å². The van der Waals surface area contributed by atoms with E-state index in [0.717, 1.165) is 12.8 Å². The Labute approximate surface area is 133 Å². The highest BCUT2D eigenvalue weighted by atomic mass is 16.7. The van der Waals surface area contributed by atoms with Crippen LogP contribution in [0.25, 0.3) is 0 Å². The van der Waals surface area contributed by atoms with Crippen molar-refractivity contribution < 1.29 is 28.7 Å². The predicted molar refractivity (Wildman–Crippen MR) is 77.8 cm³/mol. The third kappa shape index (κ3) is 4.54. The van der Waals surface area contributed by atoms with Gasteiger partial charge in [-0.1, -0.05) is 0 Å². The first-order valence-corrected chi connectivity index (χ1v) is 7.56. The minimum absolute atomic E-state index is 0.203. The third-order valence-corrected chi connectivity index (χ3v) is 4.12. The van der Waals surface area contributed by atoms with Gasteiger partial charge in [0.1, 0.15) is 0 Å². The summed E-state index contributed by atoms with van der Waals surface area (Å²) in [5.41, 5.74) is 0. The van der Waals surface area contributed by atoms with Crippen LogP contribution in [0.4, 0.5) is 4.79 Å². The Morgan fingerprint density at radius 3 is 2.30 bits per heavy atom. The molecule has 1 heterocycles. The molecule has 0 saturated heterocycles. The quantitative estimate of drug-likeness (QED) is 0.451. The summed E-state index contributed by atoms with van der Waals surface area (Å²) in [6.45, 7) is -0.00684. The number of imide groups is 1. The van der Waals surface area contributed by atoms with Crippen molar-refractivity contribution in [2.75, 3.05) is 20.4 Å². The third-order valence-electron chi connectivity index (χ3n) is 4.12. The Hall–Kier alpha value is -2.38. The molecule has 126 valence electrons. The zero-order valence-corrected chi connectivity index (χ0v) is 12.9. The second-order valence-electron chi connectivity index (χ2n) is 5.60. The van der Waals surface area contributed by atoms with E-state index in [0.29, 0.717) is 19.4 Å². The lowest BCUT2D eigenvalue weighted by molar-refractivity contribution is -0.158. The summed E-state index contributed by atoms with van der Waals surface area (Å²) in [4.78, 5) is 47.0. The number of hydrogen-bond donors (Lipinski definition) is 1. The summed E-state index contributed by atoms with van der Waals surface area (Å²) in [6, 6.07) is 0. The minimum atomic E-state index is -0.657. The Balaban J connectivity index is 1.69. The van der Waals surface area contributed by atoms with Gasteiger partial charge >= 0.3 is 12.1 Å². The Morgan fingerprint density at radius 2 is 1.74 bits per heavy atom. The van der Waals surface area contributed by atoms with Gasteiger partial charge in [-0.25, -0.2) is 4.79 Å². The Bertz CT molecular complexity index is 504.